The van der Waals surface area contributed by atoms with Crippen LogP contribution in [0.5, 0.6) is 0 Å². The molecular formula is C5H9NS. The molecule has 1 nitrogen and oxygen atoms in total. The fourth-order valence-corrected chi connectivity index (χ4v) is 0.839. The Morgan fingerprint density at radius 1 is 1.43 bits per heavy atom. The van der Waals surface area contributed by atoms with Crippen LogP contribution in [0, 0.1) is 0 Å². The van der Waals surface area contributed by atoms with Crippen molar-refractivity contribution in [3.63, 3.8) is 0 Å². The summed E-state index contributed by atoms with van der Waals surface area (Å²) in [5.74, 6) is 0. The Balaban J connectivity index is 2.32. The zero-order valence-corrected chi connectivity index (χ0v) is 5.06. The lowest BCUT2D eigenvalue weighted by atomic mass is 10.3. The molecule has 1 rings (SSSR count). The van der Waals surface area contributed by atoms with Crippen molar-refractivity contribution >= 4 is 12.8 Å². The molecule has 1 heterocycles. The van der Waals surface area contributed by atoms with Gasteiger partial charge in [0.1, 0.15) is 0 Å². The van der Waals surface area contributed by atoms with E-state index in [1.54, 1.807) is 0 Å². The molecule has 0 aromatic heterocycles. The molecular weight excluding hydrogens is 106 g/mol. The van der Waals surface area contributed by atoms with E-state index >= 15 is 0 Å². The molecule has 2 heteroatoms. The third-order valence-corrected chi connectivity index (χ3v) is 1.40. The van der Waals surface area contributed by atoms with Crippen LogP contribution in [-0.2, 0) is 0 Å². The molecule has 0 radical (unpaired) electrons. The molecule has 0 saturated heterocycles. The first-order chi connectivity index (χ1) is 3.39. The van der Waals surface area contributed by atoms with E-state index in [4.69, 9.17) is 0 Å². The van der Waals surface area contributed by atoms with Crippen LogP contribution in [0.3, 0.4) is 0 Å². The van der Waals surface area contributed by atoms with Crippen LogP contribution in [0.15, 0.2) is 12.2 Å². The van der Waals surface area contributed by atoms with Gasteiger partial charge >= 0.3 is 0 Å². The zero-order chi connectivity index (χ0) is 5.11. The highest BCUT2D eigenvalue weighted by Gasteiger charge is 1.96. The highest BCUT2D eigenvalue weighted by Crippen LogP contribution is 2.01. The van der Waals surface area contributed by atoms with E-state index in [0.717, 1.165) is 19.5 Å². The van der Waals surface area contributed by atoms with E-state index in [-0.39, 0.29) is 0 Å². The topological polar surface area (TPSA) is 3.24 Å². The minimum Gasteiger partial charge on any atom is -0.249 e. The molecule has 0 aliphatic carbocycles. The SMILES string of the molecule is SN1CC=CCC1. The third-order valence-electron chi connectivity index (χ3n) is 1.04. The largest absolute Gasteiger partial charge is 0.249 e. The molecule has 0 amide bonds. The summed E-state index contributed by atoms with van der Waals surface area (Å²) in [5, 5.41) is 0. The Kier molecular flexibility index (Phi) is 1.77. The predicted octanol–water partition coefficient (Wildman–Crippen LogP) is 1.09. The molecule has 0 unspecified atom stereocenters. The molecule has 0 N–H and O–H groups in total. The van der Waals surface area contributed by atoms with Crippen LogP contribution >= 0.6 is 12.8 Å². The summed E-state index contributed by atoms with van der Waals surface area (Å²) in [5.41, 5.74) is 0. The van der Waals surface area contributed by atoms with E-state index in [0.29, 0.717) is 0 Å². The zero-order valence-electron chi connectivity index (χ0n) is 4.17. The minimum absolute atomic E-state index is 1.00. The van der Waals surface area contributed by atoms with Crippen LogP contribution in [0.4, 0.5) is 0 Å². The van der Waals surface area contributed by atoms with Crippen molar-refractivity contribution in [1.82, 2.24) is 4.31 Å². The van der Waals surface area contributed by atoms with Gasteiger partial charge in [-0.1, -0.05) is 25.0 Å². The maximum absolute atomic E-state index is 4.14. The van der Waals surface area contributed by atoms with Crippen molar-refractivity contribution in [3.8, 4) is 0 Å². The second-order valence-corrected chi connectivity index (χ2v) is 2.24. The van der Waals surface area contributed by atoms with Gasteiger partial charge in [0.2, 0.25) is 0 Å². The molecule has 0 fully saturated rings. The monoisotopic (exact) mass is 115 g/mol. The molecule has 0 saturated carbocycles. The second-order valence-electron chi connectivity index (χ2n) is 1.67. The summed E-state index contributed by atoms with van der Waals surface area (Å²) >= 11 is 4.14. The number of rotatable bonds is 0. The van der Waals surface area contributed by atoms with Crippen molar-refractivity contribution in [2.75, 3.05) is 13.1 Å². The van der Waals surface area contributed by atoms with Gasteiger partial charge in [-0.3, -0.25) is 0 Å². The van der Waals surface area contributed by atoms with Gasteiger partial charge in [-0.25, -0.2) is 4.31 Å². The Bertz CT molecular complexity index is 80.1. The van der Waals surface area contributed by atoms with Gasteiger partial charge < -0.3 is 0 Å². The molecule has 1 aliphatic rings. The van der Waals surface area contributed by atoms with E-state index in [1.807, 2.05) is 4.31 Å². The summed E-state index contributed by atoms with van der Waals surface area (Å²) in [7, 11) is 0. The Morgan fingerprint density at radius 2 is 2.29 bits per heavy atom. The van der Waals surface area contributed by atoms with Gasteiger partial charge in [0.25, 0.3) is 0 Å². The molecule has 0 spiro atoms. The van der Waals surface area contributed by atoms with Crippen LogP contribution in [-0.4, -0.2) is 17.4 Å². The lowest BCUT2D eigenvalue weighted by molar-refractivity contribution is 0.517. The van der Waals surface area contributed by atoms with Gasteiger partial charge in [-0.2, -0.15) is 0 Å². The second kappa shape index (κ2) is 2.38. The number of hydrogen-bond donors (Lipinski definition) is 1. The minimum atomic E-state index is 1.00. The predicted molar refractivity (Wildman–Crippen MR) is 34.3 cm³/mol. The Morgan fingerprint density at radius 3 is 2.57 bits per heavy atom. The van der Waals surface area contributed by atoms with E-state index < -0.39 is 0 Å². The van der Waals surface area contributed by atoms with Crippen LogP contribution in [0.1, 0.15) is 6.42 Å². The normalized spacial score (nSPS) is 23.0. The average molecular weight is 115 g/mol. The van der Waals surface area contributed by atoms with Gasteiger partial charge in [0.15, 0.2) is 0 Å². The van der Waals surface area contributed by atoms with Crippen molar-refractivity contribution in [3.05, 3.63) is 12.2 Å². The average Bonchev–Trinajstić information content (AvgIpc) is 1.69. The van der Waals surface area contributed by atoms with Gasteiger partial charge in [-0.15, -0.1) is 0 Å². The lowest BCUT2D eigenvalue weighted by Gasteiger charge is -2.14. The highest BCUT2D eigenvalue weighted by molar-refractivity contribution is 7.77. The van der Waals surface area contributed by atoms with E-state index in [1.165, 1.54) is 0 Å². The molecule has 1 aliphatic heterocycles. The molecule has 0 bridgehead atoms. The smallest absolute Gasteiger partial charge is 0.0268 e. The van der Waals surface area contributed by atoms with Crippen LogP contribution in [0.2, 0.25) is 0 Å². The summed E-state index contributed by atoms with van der Waals surface area (Å²) < 4.78 is 2.00. The van der Waals surface area contributed by atoms with Gasteiger partial charge in [-0.05, 0) is 6.42 Å². The van der Waals surface area contributed by atoms with Crippen LogP contribution < -0.4 is 0 Å². The van der Waals surface area contributed by atoms with Crippen molar-refractivity contribution in [2.45, 2.75) is 6.42 Å². The first kappa shape index (κ1) is 5.19. The third kappa shape index (κ3) is 1.53. The number of nitrogens with zero attached hydrogens (tertiary/aromatic N) is 1. The van der Waals surface area contributed by atoms with Crippen molar-refractivity contribution in [2.24, 2.45) is 0 Å². The maximum atomic E-state index is 4.14. The summed E-state index contributed by atoms with van der Waals surface area (Å²) in [6.45, 7) is 2.10. The van der Waals surface area contributed by atoms with Gasteiger partial charge in [0.05, 0.1) is 0 Å². The standard InChI is InChI=1S/C5H9NS/c7-6-4-2-1-3-5-6/h1-2,7H,3-5H2. The quantitative estimate of drug-likeness (QED) is 0.365. The molecule has 40 valence electrons. The fourth-order valence-electron chi connectivity index (χ4n) is 0.629. The lowest BCUT2D eigenvalue weighted by Crippen LogP contribution is -2.15. The maximum Gasteiger partial charge on any atom is 0.0268 e. The Labute approximate surface area is 49.6 Å². The molecule has 0 aromatic carbocycles. The summed E-state index contributed by atoms with van der Waals surface area (Å²) in [6.07, 6.45) is 5.48. The fraction of sp³-hybridized carbons (Fsp3) is 0.600. The van der Waals surface area contributed by atoms with Gasteiger partial charge in [0, 0.05) is 13.1 Å². The van der Waals surface area contributed by atoms with Crippen molar-refractivity contribution < 1.29 is 0 Å². The molecule has 7 heavy (non-hydrogen) atoms. The summed E-state index contributed by atoms with van der Waals surface area (Å²) in [4.78, 5) is 0. The van der Waals surface area contributed by atoms with Crippen LogP contribution in [0.25, 0.3) is 0 Å². The van der Waals surface area contributed by atoms with E-state index in [9.17, 15) is 0 Å². The molecule has 0 aromatic rings. The van der Waals surface area contributed by atoms with E-state index in [2.05, 4.69) is 25.0 Å². The Hall–Kier alpha value is 0.0500. The molecule has 0 atom stereocenters. The highest BCUT2D eigenvalue weighted by atomic mass is 32.1. The number of thiol groups is 1. The summed E-state index contributed by atoms with van der Waals surface area (Å²) in [6, 6.07) is 0. The first-order valence-corrected chi connectivity index (χ1v) is 2.88. The number of hydrogen-bond acceptors (Lipinski definition) is 2. The first-order valence-electron chi connectivity index (χ1n) is 2.48. The van der Waals surface area contributed by atoms with Crippen molar-refractivity contribution in [1.29, 1.82) is 0 Å².